The minimum absolute atomic E-state index is 0.567. The maximum absolute atomic E-state index is 5.75. The molecule has 2 aromatic carbocycles. The Morgan fingerprint density at radius 3 is 2.63 bits per heavy atom. The lowest BCUT2D eigenvalue weighted by Gasteiger charge is -2.06. The second-order valence-electron chi connectivity index (χ2n) is 4.04. The predicted octanol–water partition coefficient (Wildman–Crippen LogP) is 4.25. The Morgan fingerprint density at radius 1 is 1.00 bits per heavy atom. The quantitative estimate of drug-likeness (QED) is 0.596. The first-order valence-corrected chi connectivity index (χ1v) is 6.73. The first-order chi connectivity index (χ1) is 9.38. The Hall–Kier alpha value is -1.91. The molecule has 2 heteroatoms. The number of hydrogen-bond acceptors (Lipinski definition) is 1. The molecule has 0 saturated carbocycles. The molecular formula is C17H15ClO. The molecule has 0 aliphatic carbocycles. The summed E-state index contributed by atoms with van der Waals surface area (Å²) in [5.74, 6) is 7.49. The molecule has 1 nitrogen and oxygen atoms in total. The molecule has 2 rings (SSSR count). The van der Waals surface area contributed by atoms with E-state index in [1.165, 1.54) is 0 Å². The Kier molecular flexibility index (Phi) is 5.34. The Morgan fingerprint density at radius 2 is 1.84 bits per heavy atom. The summed E-state index contributed by atoms with van der Waals surface area (Å²) >= 11 is 5.59. The summed E-state index contributed by atoms with van der Waals surface area (Å²) in [6.45, 7) is 0.569. The van der Waals surface area contributed by atoms with Crippen molar-refractivity contribution in [1.29, 1.82) is 0 Å². The SMILES string of the molecule is ClCCC#Cc1cccc(OCc2ccccc2)c1. The van der Waals surface area contributed by atoms with Crippen molar-refractivity contribution in [2.45, 2.75) is 13.0 Å². The van der Waals surface area contributed by atoms with Crippen LogP contribution in [0.3, 0.4) is 0 Å². The first-order valence-electron chi connectivity index (χ1n) is 6.20. The van der Waals surface area contributed by atoms with Crippen LogP contribution in [0.2, 0.25) is 0 Å². The van der Waals surface area contributed by atoms with Crippen LogP contribution >= 0.6 is 11.6 Å². The molecule has 0 aliphatic heterocycles. The third-order valence-electron chi connectivity index (χ3n) is 2.53. The van der Waals surface area contributed by atoms with Crippen molar-refractivity contribution in [2.24, 2.45) is 0 Å². The van der Waals surface area contributed by atoms with E-state index in [9.17, 15) is 0 Å². The van der Waals surface area contributed by atoms with Crippen LogP contribution in [-0.2, 0) is 6.61 Å². The molecule has 0 atom stereocenters. The molecule has 96 valence electrons. The van der Waals surface area contributed by atoms with Gasteiger partial charge in [-0.1, -0.05) is 48.2 Å². The van der Waals surface area contributed by atoms with Gasteiger partial charge in [-0.2, -0.15) is 0 Å². The van der Waals surface area contributed by atoms with Gasteiger partial charge in [0.25, 0.3) is 0 Å². The van der Waals surface area contributed by atoms with Crippen molar-refractivity contribution in [3.05, 3.63) is 65.7 Å². The number of benzene rings is 2. The van der Waals surface area contributed by atoms with Gasteiger partial charge in [0, 0.05) is 17.9 Å². The lowest BCUT2D eigenvalue weighted by molar-refractivity contribution is 0.306. The van der Waals surface area contributed by atoms with Crippen molar-refractivity contribution in [3.8, 4) is 17.6 Å². The van der Waals surface area contributed by atoms with E-state index in [0.29, 0.717) is 18.9 Å². The largest absolute Gasteiger partial charge is 0.489 e. The van der Waals surface area contributed by atoms with Gasteiger partial charge in [-0.3, -0.25) is 0 Å². The topological polar surface area (TPSA) is 9.23 Å². The predicted molar refractivity (Wildman–Crippen MR) is 79.4 cm³/mol. The van der Waals surface area contributed by atoms with Crippen molar-refractivity contribution < 1.29 is 4.74 Å². The highest BCUT2D eigenvalue weighted by Gasteiger charge is 1.96. The second-order valence-corrected chi connectivity index (χ2v) is 4.42. The number of halogens is 1. The minimum atomic E-state index is 0.567. The van der Waals surface area contributed by atoms with Crippen LogP contribution in [0.5, 0.6) is 5.75 Å². The van der Waals surface area contributed by atoms with Crippen LogP contribution in [0.1, 0.15) is 17.5 Å². The number of ether oxygens (including phenoxy) is 1. The van der Waals surface area contributed by atoms with Crippen molar-refractivity contribution in [2.75, 3.05) is 5.88 Å². The molecule has 2 aromatic rings. The zero-order chi connectivity index (χ0) is 13.3. The van der Waals surface area contributed by atoms with Gasteiger partial charge in [0.15, 0.2) is 0 Å². The molecule has 0 saturated heterocycles. The van der Waals surface area contributed by atoms with Gasteiger partial charge in [-0.25, -0.2) is 0 Å². The third kappa shape index (κ3) is 4.69. The van der Waals surface area contributed by atoms with Crippen LogP contribution in [-0.4, -0.2) is 5.88 Å². The number of hydrogen-bond donors (Lipinski definition) is 0. The molecule has 0 bridgehead atoms. The van der Waals surface area contributed by atoms with Crippen LogP contribution in [0, 0.1) is 11.8 Å². The Balaban J connectivity index is 1.98. The molecule has 0 aliphatic rings. The van der Waals surface area contributed by atoms with Crippen molar-refractivity contribution >= 4 is 11.6 Å². The van der Waals surface area contributed by atoms with Crippen LogP contribution in [0.4, 0.5) is 0 Å². The molecule has 19 heavy (non-hydrogen) atoms. The fraction of sp³-hybridized carbons (Fsp3) is 0.176. The first kappa shape index (κ1) is 13.5. The van der Waals surface area contributed by atoms with Gasteiger partial charge in [0.2, 0.25) is 0 Å². The lowest BCUT2D eigenvalue weighted by Crippen LogP contribution is -1.95. The summed E-state index contributed by atoms with van der Waals surface area (Å²) in [4.78, 5) is 0. The van der Waals surface area contributed by atoms with Gasteiger partial charge in [-0.05, 0) is 23.8 Å². The fourth-order valence-electron chi connectivity index (χ4n) is 1.62. The second kappa shape index (κ2) is 7.51. The molecule has 0 aromatic heterocycles. The van der Waals surface area contributed by atoms with Gasteiger partial charge in [0.1, 0.15) is 12.4 Å². The van der Waals surface area contributed by atoms with Crippen molar-refractivity contribution in [3.63, 3.8) is 0 Å². The number of rotatable bonds is 4. The van der Waals surface area contributed by atoms with Crippen LogP contribution < -0.4 is 4.74 Å². The summed E-state index contributed by atoms with van der Waals surface area (Å²) in [6.07, 6.45) is 0.705. The van der Waals surface area contributed by atoms with Gasteiger partial charge in [0.05, 0.1) is 0 Å². The zero-order valence-corrected chi connectivity index (χ0v) is 11.4. The molecule has 0 radical (unpaired) electrons. The summed E-state index contributed by atoms with van der Waals surface area (Å²) in [7, 11) is 0. The van der Waals surface area contributed by atoms with Gasteiger partial charge < -0.3 is 4.74 Å². The maximum Gasteiger partial charge on any atom is 0.121 e. The average molecular weight is 271 g/mol. The summed E-state index contributed by atoms with van der Waals surface area (Å²) < 4.78 is 5.75. The van der Waals surface area contributed by atoms with Crippen molar-refractivity contribution in [1.82, 2.24) is 0 Å². The van der Waals surface area contributed by atoms with Crippen LogP contribution in [0.15, 0.2) is 54.6 Å². The van der Waals surface area contributed by atoms with Gasteiger partial charge >= 0.3 is 0 Å². The maximum atomic E-state index is 5.75. The average Bonchev–Trinajstić information content (AvgIpc) is 2.47. The van der Waals surface area contributed by atoms with E-state index in [1.807, 2.05) is 54.6 Å². The van der Waals surface area contributed by atoms with Gasteiger partial charge in [-0.15, -0.1) is 11.6 Å². The summed E-state index contributed by atoms with van der Waals surface area (Å²) in [6, 6.07) is 17.9. The third-order valence-corrected chi connectivity index (χ3v) is 2.72. The molecule has 0 amide bonds. The minimum Gasteiger partial charge on any atom is -0.489 e. The Bertz CT molecular complexity index is 567. The highest BCUT2D eigenvalue weighted by Crippen LogP contribution is 2.14. The van der Waals surface area contributed by atoms with E-state index in [-0.39, 0.29) is 0 Å². The van der Waals surface area contributed by atoms with E-state index >= 15 is 0 Å². The fourth-order valence-corrected chi connectivity index (χ4v) is 1.71. The van der Waals surface area contributed by atoms with E-state index in [2.05, 4.69) is 11.8 Å². The zero-order valence-electron chi connectivity index (χ0n) is 10.6. The summed E-state index contributed by atoms with van der Waals surface area (Å²) in [5.41, 5.74) is 2.11. The smallest absolute Gasteiger partial charge is 0.121 e. The molecule has 0 heterocycles. The molecule has 0 unspecified atom stereocenters. The van der Waals surface area contributed by atoms with E-state index in [1.54, 1.807) is 0 Å². The molecule has 0 fully saturated rings. The van der Waals surface area contributed by atoms with E-state index in [4.69, 9.17) is 16.3 Å². The standard InChI is InChI=1S/C17H15ClO/c18-12-5-4-7-15-10-6-11-17(13-15)19-14-16-8-2-1-3-9-16/h1-3,6,8-11,13H,5,12,14H2. The molecular weight excluding hydrogens is 256 g/mol. The number of alkyl halides is 1. The Labute approximate surface area is 119 Å². The normalized spacial score (nSPS) is 9.53. The van der Waals surface area contributed by atoms with E-state index in [0.717, 1.165) is 16.9 Å². The highest BCUT2D eigenvalue weighted by atomic mass is 35.5. The molecule has 0 spiro atoms. The van der Waals surface area contributed by atoms with Crippen LogP contribution in [0.25, 0.3) is 0 Å². The summed E-state index contributed by atoms with van der Waals surface area (Å²) in [5, 5.41) is 0. The highest BCUT2D eigenvalue weighted by molar-refractivity contribution is 6.18. The lowest BCUT2D eigenvalue weighted by atomic mass is 10.2. The van der Waals surface area contributed by atoms with E-state index < -0.39 is 0 Å². The molecule has 0 N–H and O–H groups in total. The monoisotopic (exact) mass is 270 g/mol.